The second-order valence-electron chi connectivity index (χ2n) is 4.25. The molecule has 0 aromatic rings. The zero-order valence-electron chi connectivity index (χ0n) is 10.3. The van der Waals surface area contributed by atoms with Gasteiger partial charge in [-0.05, 0) is 19.5 Å². The van der Waals surface area contributed by atoms with E-state index in [-0.39, 0.29) is 0 Å². The number of amidine groups is 1. The summed E-state index contributed by atoms with van der Waals surface area (Å²) in [6.07, 6.45) is 7.64. The van der Waals surface area contributed by atoms with Gasteiger partial charge in [-0.2, -0.15) is 0 Å². The van der Waals surface area contributed by atoms with Gasteiger partial charge in [0.1, 0.15) is 5.84 Å². The van der Waals surface area contributed by atoms with E-state index in [2.05, 4.69) is 46.9 Å². The average molecular weight is 219 g/mol. The molecule has 0 saturated carbocycles. The summed E-state index contributed by atoms with van der Waals surface area (Å²) in [7, 11) is 0. The number of piperazine rings is 1. The van der Waals surface area contributed by atoms with E-state index in [1.807, 2.05) is 0 Å². The van der Waals surface area contributed by atoms with Gasteiger partial charge in [-0.15, -0.1) is 0 Å². The summed E-state index contributed by atoms with van der Waals surface area (Å²) in [5.74, 6) is 1.26. The van der Waals surface area contributed by atoms with Gasteiger partial charge in [0, 0.05) is 25.2 Å². The van der Waals surface area contributed by atoms with Crippen LogP contribution in [0.2, 0.25) is 0 Å². The van der Waals surface area contributed by atoms with Crippen molar-refractivity contribution >= 4 is 5.84 Å². The lowest BCUT2D eigenvalue weighted by Crippen LogP contribution is -2.50. The molecule has 0 atom stereocenters. The Hall–Kier alpha value is -1.09. The standard InChI is InChI=1S/C13H21N3/c1-3-5-6-12-7-8-14-13-11-15(4-2)9-10-16(12)13/h3,5,7H,4,6,8-11H2,1-2H3/b5-3+. The molecule has 88 valence electrons. The van der Waals surface area contributed by atoms with Gasteiger partial charge in [0.05, 0.1) is 13.1 Å². The summed E-state index contributed by atoms with van der Waals surface area (Å²) in [6.45, 7) is 9.54. The third kappa shape index (κ3) is 2.35. The lowest BCUT2D eigenvalue weighted by Gasteiger charge is -2.39. The van der Waals surface area contributed by atoms with Crippen LogP contribution < -0.4 is 0 Å². The smallest absolute Gasteiger partial charge is 0.118 e. The normalized spacial score (nSPS) is 22.0. The van der Waals surface area contributed by atoms with Crippen LogP contribution >= 0.6 is 0 Å². The Kier molecular flexibility index (Phi) is 3.78. The van der Waals surface area contributed by atoms with E-state index >= 15 is 0 Å². The fourth-order valence-corrected chi connectivity index (χ4v) is 2.25. The van der Waals surface area contributed by atoms with Gasteiger partial charge < -0.3 is 4.90 Å². The van der Waals surface area contributed by atoms with Gasteiger partial charge in [-0.3, -0.25) is 9.89 Å². The van der Waals surface area contributed by atoms with E-state index in [4.69, 9.17) is 0 Å². The van der Waals surface area contributed by atoms with Gasteiger partial charge in [0.15, 0.2) is 0 Å². The molecule has 0 bridgehead atoms. The maximum absolute atomic E-state index is 4.61. The number of allylic oxidation sites excluding steroid dienone is 2. The Bertz CT molecular complexity index is 328. The van der Waals surface area contributed by atoms with Crippen LogP contribution in [0.25, 0.3) is 0 Å². The van der Waals surface area contributed by atoms with Crippen molar-refractivity contribution in [2.24, 2.45) is 4.99 Å². The summed E-state index contributed by atoms with van der Waals surface area (Å²) in [5, 5.41) is 0. The van der Waals surface area contributed by atoms with Crippen LogP contribution in [0.15, 0.2) is 28.9 Å². The molecule has 0 N–H and O–H groups in total. The van der Waals surface area contributed by atoms with Crippen LogP contribution in [0.5, 0.6) is 0 Å². The Balaban J connectivity index is 2.03. The van der Waals surface area contributed by atoms with Crippen molar-refractivity contribution in [3.8, 4) is 0 Å². The maximum atomic E-state index is 4.61. The molecule has 0 aromatic carbocycles. The number of aliphatic imine (C=N–C) groups is 1. The minimum atomic E-state index is 0.857. The number of rotatable bonds is 3. The molecule has 3 nitrogen and oxygen atoms in total. The van der Waals surface area contributed by atoms with Gasteiger partial charge in [-0.25, -0.2) is 0 Å². The van der Waals surface area contributed by atoms with Crippen molar-refractivity contribution in [3.63, 3.8) is 0 Å². The monoisotopic (exact) mass is 219 g/mol. The highest BCUT2D eigenvalue weighted by Crippen LogP contribution is 2.18. The molecule has 0 aromatic heterocycles. The first kappa shape index (κ1) is 11.4. The second kappa shape index (κ2) is 5.30. The van der Waals surface area contributed by atoms with Crippen molar-refractivity contribution in [3.05, 3.63) is 23.9 Å². The highest BCUT2D eigenvalue weighted by Gasteiger charge is 2.24. The molecular formula is C13H21N3. The Labute approximate surface area is 98.1 Å². The van der Waals surface area contributed by atoms with E-state index in [0.29, 0.717) is 0 Å². The molecule has 0 spiro atoms. The topological polar surface area (TPSA) is 18.8 Å². The number of nitrogens with zero attached hydrogens (tertiary/aromatic N) is 3. The average Bonchev–Trinajstić information content (AvgIpc) is 2.35. The van der Waals surface area contributed by atoms with E-state index in [9.17, 15) is 0 Å². The summed E-state index contributed by atoms with van der Waals surface area (Å²) < 4.78 is 0. The van der Waals surface area contributed by atoms with Crippen molar-refractivity contribution < 1.29 is 0 Å². The minimum absolute atomic E-state index is 0.857. The zero-order chi connectivity index (χ0) is 11.4. The minimum Gasteiger partial charge on any atom is -0.331 e. The summed E-state index contributed by atoms with van der Waals surface area (Å²) in [5.41, 5.74) is 1.43. The molecule has 2 aliphatic rings. The Morgan fingerprint density at radius 1 is 1.44 bits per heavy atom. The molecule has 3 heteroatoms. The highest BCUT2D eigenvalue weighted by molar-refractivity contribution is 5.87. The molecule has 0 radical (unpaired) electrons. The predicted molar refractivity (Wildman–Crippen MR) is 68.6 cm³/mol. The zero-order valence-corrected chi connectivity index (χ0v) is 10.3. The largest absolute Gasteiger partial charge is 0.331 e. The van der Waals surface area contributed by atoms with Gasteiger partial charge >= 0.3 is 0 Å². The van der Waals surface area contributed by atoms with E-state index < -0.39 is 0 Å². The van der Waals surface area contributed by atoms with Crippen LogP contribution in [0, 0.1) is 0 Å². The number of likely N-dealkylation sites (N-methyl/N-ethyl adjacent to an activating group) is 1. The highest BCUT2D eigenvalue weighted by atomic mass is 15.3. The first-order valence-corrected chi connectivity index (χ1v) is 6.18. The van der Waals surface area contributed by atoms with Crippen molar-refractivity contribution in [2.45, 2.75) is 20.3 Å². The number of hydrogen-bond donors (Lipinski definition) is 0. The molecule has 2 aliphatic heterocycles. The van der Waals surface area contributed by atoms with Gasteiger partial charge in [0.25, 0.3) is 0 Å². The number of hydrogen-bond acceptors (Lipinski definition) is 3. The molecule has 2 heterocycles. The molecule has 0 aliphatic carbocycles. The lowest BCUT2D eigenvalue weighted by molar-refractivity contribution is 0.255. The Morgan fingerprint density at radius 3 is 3.06 bits per heavy atom. The maximum Gasteiger partial charge on any atom is 0.118 e. The van der Waals surface area contributed by atoms with Crippen LogP contribution in [-0.4, -0.2) is 48.4 Å². The molecular weight excluding hydrogens is 198 g/mol. The molecule has 0 unspecified atom stereocenters. The third-order valence-corrected chi connectivity index (χ3v) is 3.27. The molecule has 0 amide bonds. The SMILES string of the molecule is C/C=C/CC1=CCN=C2CN(CC)CCN12. The van der Waals surface area contributed by atoms with Crippen LogP contribution in [-0.2, 0) is 0 Å². The quantitative estimate of drug-likeness (QED) is 0.675. The summed E-state index contributed by atoms with van der Waals surface area (Å²) >= 11 is 0. The third-order valence-electron chi connectivity index (χ3n) is 3.27. The van der Waals surface area contributed by atoms with E-state index in [0.717, 1.165) is 39.1 Å². The molecule has 1 saturated heterocycles. The first-order valence-electron chi connectivity index (χ1n) is 6.18. The molecule has 1 fully saturated rings. The van der Waals surface area contributed by atoms with Crippen molar-refractivity contribution in [1.29, 1.82) is 0 Å². The Morgan fingerprint density at radius 2 is 2.31 bits per heavy atom. The lowest BCUT2D eigenvalue weighted by atomic mass is 10.1. The van der Waals surface area contributed by atoms with Crippen LogP contribution in [0.3, 0.4) is 0 Å². The van der Waals surface area contributed by atoms with Crippen LogP contribution in [0.4, 0.5) is 0 Å². The van der Waals surface area contributed by atoms with E-state index in [1.165, 1.54) is 11.5 Å². The van der Waals surface area contributed by atoms with Gasteiger partial charge in [-0.1, -0.05) is 19.1 Å². The fourth-order valence-electron chi connectivity index (χ4n) is 2.25. The molecule has 16 heavy (non-hydrogen) atoms. The van der Waals surface area contributed by atoms with Crippen LogP contribution in [0.1, 0.15) is 20.3 Å². The fraction of sp³-hybridized carbons (Fsp3) is 0.615. The first-order chi connectivity index (χ1) is 7.85. The van der Waals surface area contributed by atoms with Crippen molar-refractivity contribution in [2.75, 3.05) is 32.7 Å². The second-order valence-corrected chi connectivity index (χ2v) is 4.25. The van der Waals surface area contributed by atoms with Gasteiger partial charge in [0.2, 0.25) is 0 Å². The number of fused-ring (bicyclic) bond motifs is 1. The summed E-state index contributed by atoms with van der Waals surface area (Å²) in [6, 6.07) is 0. The predicted octanol–water partition coefficient (Wildman–Crippen LogP) is 1.89. The molecule has 2 rings (SSSR count). The summed E-state index contributed by atoms with van der Waals surface area (Å²) in [4.78, 5) is 9.46. The van der Waals surface area contributed by atoms with Crippen molar-refractivity contribution in [1.82, 2.24) is 9.80 Å². The van der Waals surface area contributed by atoms with E-state index in [1.54, 1.807) is 0 Å².